The van der Waals surface area contributed by atoms with Crippen LogP contribution in [0.2, 0.25) is 0 Å². The number of rotatable bonds is 4. The van der Waals surface area contributed by atoms with Crippen LogP contribution >= 0.6 is 0 Å². The van der Waals surface area contributed by atoms with E-state index in [4.69, 9.17) is 4.52 Å². The summed E-state index contributed by atoms with van der Waals surface area (Å²) in [7, 11) is 0. The van der Waals surface area contributed by atoms with Crippen LogP contribution in [0.5, 0.6) is 0 Å². The molecule has 3 heterocycles. The first-order chi connectivity index (χ1) is 11.8. The van der Waals surface area contributed by atoms with Gasteiger partial charge >= 0.3 is 0 Å². The summed E-state index contributed by atoms with van der Waals surface area (Å²) in [5.74, 6) is 1.81. The number of aryl methyl sites for hydroxylation is 1. The third kappa shape index (κ3) is 2.79. The van der Waals surface area contributed by atoms with Gasteiger partial charge in [-0.15, -0.1) is 0 Å². The van der Waals surface area contributed by atoms with Gasteiger partial charge in [-0.25, -0.2) is 0 Å². The molecule has 1 fully saturated rings. The lowest BCUT2D eigenvalue weighted by Crippen LogP contribution is -2.34. The smallest absolute Gasteiger partial charge is 0.266 e. The molecular weight excluding hydrogens is 302 g/mol. The van der Waals surface area contributed by atoms with Crippen molar-refractivity contribution < 1.29 is 4.52 Å². The Bertz CT molecular complexity index is 787. The van der Waals surface area contributed by atoms with Gasteiger partial charge in [-0.1, -0.05) is 25.1 Å². The van der Waals surface area contributed by atoms with Crippen LogP contribution in [0.4, 0.5) is 5.95 Å². The molecule has 1 aliphatic heterocycles. The predicted molar refractivity (Wildman–Crippen MR) is 91.9 cm³/mol. The fourth-order valence-corrected chi connectivity index (χ4v) is 3.37. The molecule has 0 atom stereocenters. The van der Waals surface area contributed by atoms with Crippen LogP contribution in [0.1, 0.15) is 36.9 Å². The molecule has 1 aromatic carbocycles. The monoisotopic (exact) mass is 323 g/mol. The molecule has 0 amide bonds. The number of nitrogens with zero attached hydrogens (tertiary/aromatic N) is 4. The minimum absolute atomic E-state index is 0.541. The van der Waals surface area contributed by atoms with Crippen molar-refractivity contribution in [2.24, 2.45) is 0 Å². The lowest BCUT2D eigenvalue weighted by atomic mass is 9.91. The molecule has 24 heavy (non-hydrogen) atoms. The second-order valence-electron chi connectivity index (χ2n) is 6.19. The van der Waals surface area contributed by atoms with Crippen LogP contribution in [-0.4, -0.2) is 33.4 Å². The normalized spacial score (nSPS) is 15.8. The van der Waals surface area contributed by atoms with Gasteiger partial charge < -0.3 is 9.42 Å². The maximum absolute atomic E-state index is 5.42. The van der Waals surface area contributed by atoms with Gasteiger partial charge in [-0.2, -0.15) is 10.1 Å². The Kier molecular flexibility index (Phi) is 4.02. The molecular formula is C18H21N5O. The maximum Gasteiger partial charge on any atom is 0.266 e. The molecule has 0 radical (unpaired) electrons. The fourth-order valence-electron chi connectivity index (χ4n) is 3.37. The van der Waals surface area contributed by atoms with Crippen molar-refractivity contribution in [3.8, 4) is 11.5 Å². The Morgan fingerprint density at radius 3 is 2.75 bits per heavy atom. The van der Waals surface area contributed by atoms with Crippen LogP contribution in [-0.2, 0) is 6.42 Å². The minimum Gasteiger partial charge on any atom is -0.338 e. The molecule has 1 N–H and O–H groups in total. The molecule has 0 spiro atoms. The van der Waals surface area contributed by atoms with Gasteiger partial charge in [0.25, 0.3) is 11.8 Å². The zero-order chi connectivity index (χ0) is 16.4. The highest BCUT2D eigenvalue weighted by atomic mass is 16.5. The summed E-state index contributed by atoms with van der Waals surface area (Å²) in [6.45, 7) is 4.04. The Hall–Kier alpha value is -2.63. The van der Waals surface area contributed by atoms with Crippen LogP contribution in [0.15, 0.2) is 41.1 Å². The Labute approximate surface area is 140 Å². The summed E-state index contributed by atoms with van der Waals surface area (Å²) in [5, 5.41) is 11.5. The number of nitrogens with one attached hydrogen (secondary N) is 1. The maximum atomic E-state index is 5.42. The van der Waals surface area contributed by atoms with Crippen LogP contribution in [0.25, 0.3) is 11.5 Å². The zero-order valence-corrected chi connectivity index (χ0v) is 13.8. The average molecular weight is 323 g/mol. The van der Waals surface area contributed by atoms with Gasteiger partial charge in [0.15, 0.2) is 0 Å². The molecule has 3 aromatic rings. The molecule has 1 aliphatic rings. The first-order valence-electron chi connectivity index (χ1n) is 8.51. The number of anilines is 1. The number of aromatic nitrogens is 4. The van der Waals surface area contributed by atoms with Gasteiger partial charge in [-0.3, -0.25) is 5.10 Å². The standard InChI is InChI=1S/C18H21N5O/c1-2-13-12-19-21-16(13)14-8-10-23(11-9-14)18-20-17(24-22-18)15-6-4-3-5-7-15/h3-7,12,14H,2,8-11H2,1H3,(H,19,21). The zero-order valence-electron chi connectivity index (χ0n) is 13.8. The van der Waals surface area contributed by atoms with E-state index in [1.54, 1.807) is 0 Å². The second kappa shape index (κ2) is 6.47. The number of H-pyrrole nitrogens is 1. The molecule has 2 aromatic heterocycles. The van der Waals surface area contributed by atoms with Crippen LogP contribution < -0.4 is 4.90 Å². The summed E-state index contributed by atoms with van der Waals surface area (Å²) in [4.78, 5) is 6.76. The summed E-state index contributed by atoms with van der Waals surface area (Å²) < 4.78 is 5.42. The Morgan fingerprint density at radius 2 is 2.00 bits per heavy atom. The van der Waals surface area contributed by atoms with E-state index in [1.165, 1.54) is 11.3 Å². The van der Waals surface area contributed by atoms with Gasteiger partial charge in [0, 0.05) is 30.3 Å². The van der Waals surface area contributed by atoms with Gasteiger partial charge in [-0.05, 0) is 42.1 Å². The quantitative estimate of drug-likeness (QED) is 0.796. The lowest BCUT2D eigenvalue weighted by Gasteiger charge is -2.30. The molecule has 6 heteroatoms. The summed E-state index contributed by atoms with van der Waals surface area (Å²) in [5.41, 5.74) is 3.59. The third-order valence-corrected chi connectivity index (χ3v) is 4.75. The largest absolute Gasteiger partial charge is 0.338 e. The Morgan fingerprint density at radius 1 is 1.21 bits per heavy atom. The number of piperidine rings is 1. The molecule has 6 nitrogen and oxygen atoms in total. The lowest BCUT2D eigenvalue weighted by molar-refractivity contribution is 0.422. The van der Waals surface area contributed by atoms with E-state index in [2.05, 4.69) is 32.2 Å². The van der Waals surface area contributed by atoms with E-state index in [1.807, 2.05) is 36.5 Å². The molecule has 0 unspecified atom stereocenters. The van der Waals surface area contributed by atoms with E-state index >= 15 is 0 Å². The van der Waals surface area contributed by atoms with Gasteiger partial charge in [0.2, 0.25) is 0 Å². The highest BCUT2D eigenvalue weighted by molar-refractivity contribution is 5.54. The van der Waals surface area contributed by atoms with Crippen molar-refractivity contribution in [2.45, 2.75) is 32.1 Å². The minimum atomic E-state index is 0.541. The second-order valence-corrected chi connectivity index (χ2v) is 6.19. The van der Waals surface area contributed by atoms with Crippen LogP contribution in [0, 0.1) is 0 Å². The first kappa shape index (κ1) is 14.9. The summed E-state index contributed by atoms with van der Waals surface area (Å²) in [6, 6.07) is 9.88. The molecule has 1 saturated heterocycles. The first-order valence-corrected chi connectivity index (χ1v) is 8.51. The number of aromatic amines is 1. The van der Waals surface area contributed by atoms with E-state index in [-0.39, 0.29) is 0 Å². The SMILES string of the molecule is CCc1cn[nH]c1C1CCN(c2noc(-c3ccccc3)n2)CC1. The summed E-state index contributed by atoms with van der Waals surface area (Å²) in [6.07, 6.45) is 5.12. The summed E-state index contributed by atoms with van der Waals surface area (Å²) >= 11 is 0. The molecule has 4 rings (SSSR count). The van der Waals surface area contributed by atoms with Crippen molar-refractivity contribution in [1.29, 1.82) is 0 Å². The highest BCUT2D eigenvalue weighted by Gasteiger charge is 2.26. The third-order valence-electron chi connectivity index (χ3n) is 4.75. The number of hydrogen-bond donors (Lipinski definition) is 1. The van der Waals surface area contributed by atoms with Crippen molar-refractivity contribution >= 4 is 5.95 Å². The van der Waals surface area contributed by atoms with E-state index in [9.17, 15) is 0 Å². The van der Waals surface area contributed by atoms with Crippen molar-refractivity contribution in [3.63, 3.8) is 0 Å². The molecule has 0 bridgehead atoms. The molecule has 0 aliphatic carbocycles. The Balaban J connectivity index is 1.44. The topological polar surface area (TPSA) is 70.8 Å². The predicted octanol–water partition coefficient (Wildman–Crippen LogP) is 3.41. The van der Waals surface area contributed by atoms with Crippen LogP contribution in [0.3, 0.4) is 0 Å². The van der Waals surface area contributed by atoms with Gasteiger partial charge in [0.1, 0.15) is 0 Å². The van der Waals surface area contributed by atoms with E-state index in [0.717, 1.165) is 37.9 Å². The highest BCUT2D eigenvalue weighted by Crippen LogP contribution is 2.31. The van der Waals surface area contributed by atoms with Gasteiger partial charge in [0.05, 0.1) is 6.20 Å². The number of benzene rings is 1. The average Bonchev–Trinajstić information content (AvgIpc) is 3.32. The fraction of sp³-hybridized carbons (Fsp3) is 0.389. The van der Waals surface area contributed by atoms with E-state index in [0.29, 0.717) is 17.8 Å². The molecule has 124 valence electrons. The number of hydrogen-bond acceptors (Lipinski definition) is 5. The van der Waals surface area contributed by atoms with Crippen molar-refractivity contribution in [1.82, 2.24) is 20.3 Å². The van der Waals surface area contributed by atoms with E-state index < -0.39 is 0 Å². The molecule has 0 saturated carbocycles. The van der Waals surface area contributed by atoms with Crippen molar-refractivity contribution in [2.75, 3.05) is 18.0 Å². The van der Waals surface area contributed by atoms with Crippen molar-refractivity contribution in [3.05, 3.63) is 47.8 Å².